The number of aryl methyl sites for hydroxylation is 1. The van der Waals surface area contributed by atoms with Crippen LogP contribution < -0.4 is 5.32 Å². The number of carboxylic acids is 1. The molecule has 1 aliphatic rings. The number of rotatable bonds is 5. The van der Waals surface area contributed by atoms with E-state index in [-0.39, 0.29) is 12.5 Å². The summed E-state index contributed by atoms with van der Waals surface area (Å²) in [4.78, 5) is 23.0. The molecule has 0 aromatic carbocycles. The first-order valence-corrected chi connectivity index (χ1v) is 6.78. The molecule has 5 nitrogen and oxygen atoms in total. The van der Waals surface area contributed by atoms with E-state index in [1.807, 2.05) is 13.0 Å². The first kappa shape index (κ1) is 14.4. The van der Waals surface area contributed by atoms with Crippen molar-refractivity contribution in [3.63, 3.8) is 0 Å². The van der Waals surface area contributed by atoms with Crippen LogP contribution in [0.25, 0.3) is 6.08 Å². The van der Waals surface area contributed by atoms with Crippen molar-refractivity contribution in [3.8, 4) is 0 Å². The maximum Gasteiger partial charge on any atom is 0.311 e. The number of furan rings is 1. The zero-order chi connectivity index (χ0) is 14.6. The molecule has 108 valence electrons. The van der Waals surface area contributed by atoms with Gasteiger partial charge in [-0.05, 0) is 38.0 Å². The van der Waals surface area contributed by atoms with E-state index >= 15 is 0 Å². The molecule has 1 aromatic rings. The van der Waals surface area contributed by atoms with Crippen molar-refractivity contribution >= 4 is 18.0 Å². The van der Waals surface area contributed by atoms with Gasteiger partial charge in [0.05, 0.1) is 5.41 Å². The van der Waals surface area contributed by atoms with Gasteiger partial charge in [0, 0.05) is 12.6 Å². The number of hydrogen-bond acceptors (Lipinski definition) is 3. The summed E-state index contributed by atoms with van der Waals surface area (Å²) in [7, 11) is 0. The first-order valence-electron chi connectivity index (χ1n) is 6.78. The van der Waals surface area contributed by atoms with Gasteiger partial charge in [-0.1, -0.05) is 12.8 Å². The maximum atomic E-state index is 11.7. The molecule has 0 aliphatic heterocycles. The van der Waals surface area contributed by atoms with Crippen molar-refractivity contribution in [2.45, 2.75) is 32.6 Å². The SMILES string of the molecule is Cc1ccc(/C=C/C(=O)NCC2(C(=O)O)CCCC2)o1. The summed E-state index contributed by atoms with van der Waals surface area (Å²) in [6.45, 7) is 2.01. The molecule has 5 heteroatoms. The normalized spacial score (nSPS) is 17.4. The smallest absolute Gasteiger partial charge is 0.311 e. The minimum Gasteiger partial charge on any atom is -0.481 e. The lowest BCUT2D eigenvalue weighted by atomic mass is 9.86. The van der Waals surface area contributed by atoms with E-state index in [0.29, 0.717) is 18.6 Å². The average Bonchev–Trinajstić information content (AvgIpc) is 3.03. The number of carbonyl (C=O) groups excluding carboxylic acids is 1. The second-order valence-electron chi connectivity index (χ2n) is 5.29. The Morgan fingerprint density at radius 1 is 1.40 bits per heavy atom. The van der Waals surface area contributed by atoms with E-state index in [9.17, 15) is 14.7 Å². The Bertz CT molecular complexity index is 524. The van der Waals surface area contributed by atoms with Crippen LogP contribution in [0.5, 0.6) is 0 Å². The number of carbonyl (C=O) groups is 2. The Labute approximate surface area is 117 Å². The summed E-state index contributed by atoms with van der Waals surface area (Å²) in [5, 5.41) is 12.0. The van der Waals surface area contributed by atoms with Crippen molar-refractivity contribution in [2.24, 2.45) is 5.41 Å². The largest absolute Gasteiger partial charge is 0.481 e. The lowest BCUT2D eigenvalue weighted by Gasteiger charge is -2.23. The molecule has 1 saturated carbocycles. The minimum atomic E-state index is -0.819. The lowest BCUT2D eigenvalue weighted by Crippen LogP contribution is -2.40. The van der Waals surface area contributed by atoms with E-state index in [1.54, 1.807) is 12.1 Å². The molecule has 20 heavy (non-hydrogen) atoms. The Balaban J connectivity index is 1.88. The molecule has 1 aliphatic carbocycles. The second-order valence-corrected chi connectivity index (χ2v) is 5.29. The molecule has 1 heterocycles. The predicted molar refractivity (Wildman–Crippen MR) is 74.0 cm³/mol. The summed E-state index contributed by atoms with van der Waals surface area (Å²) in [6, 6.07) is 3.59. The van der Waals surface area contributed by atoms with Gasteiger partial charge in [0.2, 0.25) is 5.91 Å². The summed E-state index contributed by atoms with van der Waals surface area (Å²) in [5.74, 6) is 0.264. The molecule has 2 N–H and O–H groups in total. The van der Waals surface area contributed by atoms with Crippen molar-refractivity contribution in [3.05, 3.63) is 29.7 Å². The maximum absolute atomic E-state index is 11.7. The topological polar surface area (TPSA) is 79.5 Å². The van der Waals surface area contributed by atoms with Crippen LogP contribution in [0.4, 0.5) is 0 Å². The van der Waals surface area contributed by atoms with Crippen LogP contribution in [0, 0.1) is 12.3 Å². The fourth-order valence-corrected chi connectivity index (χ4v) is 2.53. The summed E-state index contributed by atoms with van der Waals surface area (Å²) in [6.07, 6.45) is 6.01. The lowest BCUT2D eigenvalue weighted by molar-refractivity contribution is -0.148. The highest BCUT2D eigenvalue weighted by molar-refractivity contribution is 5.91. The van der Waals surface area contributed by atoms with Crippen LogP contribution in [0.15, 0.2) is 22.6 Å². The molecule has 1 amide bonds. The van der Waals surface area contributed by atoms with Crippen LogP contribution in [0.1, 0.15) is 37.2 Å². The fraction of sp³-hybridized carbons (Fsp3) is 0.467. The van der Waals surface area contributed by atoms with E-state index in [4.69, 9.17) is 4.42 Å². The van der Waals surface area contributed by atoms with Gasteiger partial charge < -0.3 is 14.8 Å². The van der Waals surface area contributed by atoms with E-state index in [1.165, 1.54) is 6.08 Å². The van der Waals surface area contributed by atoms with Crippen LogP contribution in [-0.2, 0) is 9.59 Å². The number of hydrogen-bond donors (Lipinski definition) is 2. The highest BCUT2D eigenvalue weighted by Gasteiger charge is 2.41. The Morgan fingerprint density at radius 3 is 2.65 bits per heavy atom. The first-order chi connectivity index (χ1) is 9.52. The summed E-state index contributed by atoms with van der Waals surface area (Å²) >= 11 is 0. The van der Waals surface area contributed by atoms with E-state index in [2.05, 4.69) is 5.32 Å². The third-order valence-electron chi connectivity index (χ3n) is 3.78. The highest BCUT2D eigenvalue weighted by atomic mass is 16.4. The zero-order valence-electron chi connectivity index (χ0n) is 11.5. The van der Waals surface area contributed by atoms with Crippen molar-refractivity contribution < 1.29 is 19.1 Å². The minimum absolute atomic E-state index is 0.183. The molecule has 0 atom stereocenters. The number of aliphatic carboxylic acids is 1. The van der Waals surface area contributed by atoms with Gasteiger partial charge >= 0.3 is 5.97 Å². The third kappa shape index (κ3) is 3.29. The van der Waals surface area contributed by atoms with Crippen LogP contribution in [0.2, 0.25) is 0 Å². The van der Waals surface area contributed by atoms with E-state index < -0.39 is 11.4 Å². The number of carboxylic acid groups (broad SMARTS) is 1. The zero-order valence-corrected chi connectivity index (χ0v) is 11.5. The van der Waals surface area contributed by atoms with Gasteiger partial charge in [-0.25, -0.2) is 0 Å². The van der Waals surface area contributed by atoms with E-state index in [0.717, 1.165) is 18.6 Å². The third-order valence-corrected chi connectivity index (χ3v) is 3.78. The Morgan fingerprint density at radius 2 is 2.10 bits per heavy atom. The van der Waals surface area contributed by atoms with Gasteiger partial charge in [0.1, 0.15) is 11.5 Å². The van der Waals surface area contributed by atoms with Gasteiger partial charge in [-0.15, -0.1) is 0 Å². The highest BCUT2D eigenvalue weighted by Crippen LogP contribution is 2.37. The Hall–Kier alpha value is -2.04. The molecule has 0 bridgehead atoms. The average molecular weight is 277 g/mol. The quantitative estimate of drug-likeness (QED) is 0.810. The molecule has 0 spiro atoms. The standard InChI is InChI=1S/C15H19NO4/c1-11-4-5-12(20-11)6-7-13(17)16-10-15(14(18)19)8-2-3-9-15/h4-7H,2-3,8-10H2,1H3,(H,16,17)(H,18,19)/b7-6+. The molecular weight excluding hydrogens is 258 g/mol. The number of amides is 1. The predicted octanol–water partition coefficient (Wildman–Crippen LogP) is 2.36. The van der Waals surface area contributed by atoms with Crippen molar-refractivity contribution in [2.75, 3.05) is 6.54 Å². The Kier molecular flexibility index (Phi) is 4.27. The molecule has 1 aromatic heterocycles. The van der Waals surface area contributed by atoms with Crippen molar-refractivity contribution in [1.82, 2.24) is 5.32 Å². The molecule has 0 saturated heterocycles. The summed E-state index contributed by atoms with van der Waals surface area (Å²) in [5.41, 5.74) is -0.787. The van der Waals surface area contributed by atoms with Gasteiger partial charge in [0.25, 0.3) is 0 Å². The van der Waals surface area contributed by atoms with Crippen LogP contribution >= 0.6 is 0 Å². The molecular formula is C15H19NO4. The van der Waals surface area contributed by atoms with Crippen LogP contribution in [-0.4, -0.2) is 23.5 Å². The number of nitrogens with one attached hydrogen (secondary N) is 1. The molecule has 1 fully saturated rings. The van der Waals surface area contributed by atoms with Gasteiger partial charge in [-0.2, -0.15) is 0 Å². The molecule has 0 unspecified atom stereocenters. The van der Waals surface area contributed by atoms with Crippen molar-refractivity contribution in [1.29, 1.82) is 0 Å². The monoisotopic (exact) mass is 277 g/mol. The molecule has 2 rings (SSSR count). The second kappa shape index (κ2) is 5.94. The summed E-state index contributed by atoms with van der Waals surface area (Å²) < 4.78 is 5.31. The van der Waals surface area contributed by atoms with Gasteiger partial charge in [0.15, 0.2) is 0 Å². The van der Waals surface area contributed by atoms with Gasteiger partial charge in [-0.3, -0.25) is 9.59 Å². The van der Waals surface area contributed by atoms with Crippen LogP contribution in [0.3, 0.4) is 0 Å². The fourth-order valence-electron chi connectivity index (χ4n) is 2.53. The molecule has 0 radical (unpaired) electrons.